The number of aliphatic hydroxyl groups is 1. The van der Waals surface area contributed by atoms with Gasteiger partial charge in [-0.2, -0.15) is 0 Å². The summed E-state index contributed by atoms with van der Waals surface area (Å²) < 4.78 is 68.7. The third kappa shape index (κ3) is 75.1. The van der Waals surface area contributed by atoms with Crippen LogP contribution < -0.4 is 0 Å². The number of phosphoric acid groups is 2. The van der Waals surface area contributed by atoms with Gasteiger partial charge < -0.3 is 33.8 Å². The quantitative estimate of drug-likeness (QED) is 0.0169. The number of ether oxygens (including phenoxy) is 4. The maximum absolute atomic E-state index is 13.1. The fourth-order valence-corrected chi connectivity index (χ4v) is 13.3. The molecule has 0 spiro atoms. The van der Waals surface area contributed by atoms with Gasteiger partial charge in [0.1, 0.15) is 19.3 Å². The first-order valence-electron chi connectivity index (χ1n) is 41.4. The highest BCUT2D eigenvalue weighted by Crippen LogP contribution is 2.45. The number of carbonyl (C=O) groups excluding carboxylic acids is 4. The number of hydrogen-bond donors (Lipinski definition) is 3. The zero-order valence-corrected chi connectivity index (χ0v) is 66.6. The van der Waals surface area contributed by atoms with Gasteiger partial charge in [0.05, 0.1) is 26.4 Å². The molecule has 0 fully saturated rings. The predicted octanol–water partition coefficient (Wildman–Crippen LogP) is 24.1. The minimum Gasteiger partial charge on any atom is -0.462 e. The Morgan fingerprint density at radius 1 is 0.277 bits per heavy atom. The first-order chi connectivity index (χ1) is 49.2. The van der Waals surface area contributed by atoms with Crippen LogP contribution in [0.3, 0.4) is 0 Å². The Hall–Kier alpha value is -2.98. The lowest BCUT2D eigenvalue weighted by Crippen LogP contribution is -2.30. The number of unbranched alkanes of at least 4 members (excludes halogenated alkanes) is 47. The Balaban J connectivity index is 5.33. The number of rotatable bonds is 79. The molecule has 2 unspecified atom stereocenters. The molecular formula is C82H152O17P2. The van der Waals surface area contributed by atoms with Gasteiger partial charge in [0.25, 0.3) is 0 Å². The molecule has 0 bridgehead atoms. The molecule has 5 atom stereocenters. The molecule has 3 N–H and O–H groups in total. The Morgan fingerprint density at radius 2 is 0.475 bits per heavy atom. The Kier molecular flexibility index (Phi) is 73.0. The van der Waals surface area contributed by atoms with Gasteiger partial charge >= 0.3 is 39.5 Å². The van der Waals surface area contributed by atoms with Gasteiger partial charge in [-0.1, -0.05) is 340 Å². The lowest BCUT2D eigenvalue weighted by Gasteiger charge is -2.21. The van der Waals surface area contributed by atoms with Crippen molar-refractivity contribution in [1.29, 1.82) is 0 Å². The van der Waals surface area contributed by atoms with E-state index in [0.717, 1.165) is 122 Å². The Labute approximate surface area is 617 Å². The number of phosphoric ester groups is 2. The lowest BCUT2D eigenvalue weighted by molar-refractivity contribution is -0.161. The van der Waals surface area contributed by atoms with Crippen molar-refractivity contribution in [2.24, 2.45) is 0 Å². The number of aliphatic hydroxyl groups excluding tert-OH is 1. The Bertz CT molecular complexity index is 2100. The molecule has 0 saturated carbocycles. The summed E-state index contributed by atoms with van der Waals surface area (Å²) in [6, 6.07) is 0. The van der Waals surface area contributed by atoms with E-state index >= 15 is 0 Å². The third-order valence-electron chi connectivity index (χ3n) is 18.1. The van der Waals surface area contributed by atoms with E-state index < -0.39 is 97.5 Å². The minimum atomic E-state index is -4.97. The highest BCUT2D eigenvalue weighted by Gasteiger charge is 2.30. The van der Waals surface area contributed by atoms with Crippen molar-refractivity contribution in [2.45, 2.75) is 412 Å². The zero-order valence-electron chi connectivity index (χ0n) is 64.9. The average molecular weight is 1470 g/mol. The van der Waals surface area contributed by atoms with Gasteiger partial charge in [0.2, 0.25) is 0 Å². The maximum Gasteiger partial charge on any atom is 0.472 e. The van der Waals surface area contributed by atoms with Crippen molar-refractivity contribution >= 4 is 39.5 Å². The van der Waals surface area contributed by atoms with Crippen molar-refractivity contribution in [3.8, 4) is 0 Å². The summed E-state index contributed by atoms with van der Waals surface area (Å²) >= 11 is 0. The highest BCUT2D eigenvalue weighted by molar-refractivity contribution is 7.47. The second-order valence-electron chi connectivity index (χ2n) is 28.1. The van der Waals surface area contributed by atoms with E-state index in [4.69, 9.17) is 37.0 Å². The van der Waals surface area contributed by atoms with Crippen molar-refractivity contribution in [3.63, 3.8) is 0 Å². The summed E-state index contributed by atoms with van der Waals surface area (Å²) in [5.41, 5.74) is 0. The monoisotopic (exact) mass is 1470 g/mol. The van der Waals surface area contributed by atoms with Crippen molar-refractivity contribution in [2.75, 3.05) is 39.6 Å². The summed E-state index contributed by atoms with van der Waals surface area (Å²) in [6.45, 7) is 4.90. The largest absolute Gasteiger partial charge is 0.472 e. The molecule has 0 rings (SSSR count). The first-order valence-corrected chi connectivity index (χ1v) is 44.4. The van der Waals surface area contributed by atoms with Gasteiger partial charge in [0, 0.05) is 25.7 Å². The molecule has 0 aliphatic rings. The highest BCUT2D eigenvalue weighted by atomic mass is 31.2. The summed E-state index contributed by atoms with van der Waals surface area (Å²) in [6.07, 6.45) is 73.6. The van der Waals surface area contributed by atoms with Crippen molar-refractivity contribution in [3.05, 3.63) is 48.6 Å². The minimum absolute atomic E-state index is 0.0836. The van der Waals surface area contributed by atoms with Crippen LogP contribution in [0.5, 0.6) is 0 Å². The molecule has 0 radical (unpaired) electrons. The summed E-state index contributed by atoms with van der Waals surface area (Å²) in [5, 5.41) is 10.6. The van der Waals surface area contributed by atoms with E-state index in [2.05, 4.69) is 76.3 Å². The van der Waals surface area contributed by atoms with Crippen molar-refractivity contribution < 1.29 is 80.2 Å². The number of carbonyl (C=O) groups is 4. The van der Waals surface area contributed by atoms with E-state index in [1.54, 1.807) is 0 Å². The molecule has 0 aromatic heterocycles. The summed E-state index contributed by atoms with van der Waals surface area (Å²) in [4.78, 5) is 73.0. The van der Waals surface area contributed by atoms with Crippen LogP contribution in [0.25, 0.3) is 0 Å². The molecule has 0 saturated heterocycles. The van der Waals surface area contributed by atoms with Crippen LogP contribution in [-0.2, 0) is 65.4 Å². The van der Waals surface area contributed by atoms with E-state index in [0.29, 0.717) is 25.7 Å². The molecular weight excluding hydrogens is 1320 g/mol. The van der Waals surface area contributed by atoms with Gasteiger partial charge in [-0.3, -0.25) is 37.3 Å². The smallest absolute Gasteiger partial charge is 0.462 e. The zero-order chi connectivity index (χ0) is 73.9. The van der Waals surface area contributed by atoms with Crippen LogP contribution in [0.2, 0.25) is 0 Å². The maximum atomic E-state index is 13.1. The van der Waals surface area contributed by atoms with Gasteiger partial charge in [-0.25, -0.2) is 9.13 Å². The van der Waals surface area contributed by atoms with Crippen LogP contribution in [0, 0.1) is 0 Å². The molecule has 592 valence electrons. The SMILES string of the molecule is CCCCCC/C=C\C=C/CCCCCCCC(=O)OC[C@H](COP(=O)(O)OC[C@@H](O)COP(=O)(O)OC[C@@H](COC(=O)CCCCCCCCCCCCCCC)OC(=O)CCCCCCC/C=C\C=C/CCCCCC)OC(=O)CCCCCCCCCCCCCCCCCCCC. The normalized spacial score (nSPS) is 14.1. The van der Waals surface area contributed by atoms with E-state index in [9.17, 15) is 43.2 Å². The molecule has 0 aromatic carbocycles. The molecule has 0 amide bonds. The van der Waals surface area contributed by atoms with Gasteiger partial charge in [0.15, 0.2) is 12.2 Å². The third-order valence-corrected chi connectivity index (χ3v) is 20.0. The summed E-state index contributed by atoms with van der Waals surface area (Å²) in [7, 11) is -9.94. The fraction of sp³-hybridized carbons (Fsp3) is 0.854. The van der Waals surface area contributed by atoms with Crippen LogP contribution in [-0.4, -0.2) is 96.7 Å². The molecule has 0 aromatic rings. The number of hydrogen-bond acceptors (Lipinski definition) is 15. The van der Waals surface area contributed by atoms with Crippen LogP contribution >= 0.6 is 15.6 Å². The molecule has 19 heteroatoms. The first kappa shape index (κ1) is 98.0. The molecule has 17 nitrogen and oxygen atoms in total. The van der Waals surface area contributed by atoms with E-state index in [1.807, 2.05) is 0 Å². The second kappa shape index (κ2) is 75.3. The average Bonchev–Trinajstić information content (AvgIpc) is 1.38. The summed E-state index contributed by atoms with van der Waals surface area (Å²) in [5.74, 6) is -2.16. The molecule has 0 heterocycles. The number of esters is 4. The fourth-order valence-electron chi connectivity index (χ4n) is 11.7. The molecule has 0 aliphatic carbocycles. The van der Waals surface area contributed by atoms with E-state index in [1.165, 1.54) is 193 Å². The lowest BCUT2D eigenvalue weighted by atomic mass is 10.0. The van der Waals surface area contributed by atoms with Crippen LogP contribution in [0.4, 0.5) is 0 Å². The van der Waals surface area contributed by atoms with Gasteiger partial charge in [-0.15, -0.1) is 0 Å². The predicted molar refractivity (Wildman–Crippen MR) is 414 cm³/mol. The Morgan fingerprint density at radius 3 is 0.723 bits per heavy atom. The van der Waals surface area contributed by atoms with Gasteiger partial charge in [-0.05, 0) is 77.0 Å². The molecule has 101 heavy (non-hydrogen) atoms. The van der Waals surface area contributed by atoms with Crippen molar-refractivity contribution in [1.82, 2.24) is 0 Å². The van der Waals surface area contributed by atoms with Crippen LogP contribution in [0.1, 0.15) is 394 Å². The van der Waals surface area contributed by atoms with E-state index in [-0.39, 0.29) is 25.7 Å². The second-order valence-corrected chi connectivity index (χ2v) is 31.0. The van der Waals surface area contributed by atoms with Crippen LogP contribution in [0.15, 0.2) is 48.6 Å². The number of allylic oxidation sites excluding steroid dienone is 8. The standard InChI is InChI=1S/C82H152O17P2/c1-5-9-13-17-21-25-29-33-36-37-38-41-45-49-53-57-61-65-69-82(87)99-78(73-93-80(85)67-63-59-55-51-47-43-39-34-30-26-22-18-14-10-6-2)75-97-101(90,91)95-71-76(83)70-94-100(88,89)96-74-77(72-92-79(84)66-62-58-54-50-46-42-32-28-24-20-16-12-8-4)98-81(86)68-64-60-56-52-48-44-40-35-31-27-23-19-15-11-7-3/h26-27,30-31,34-35,39-40,76-78,83H,5-25,28-29,32-33,36-38,41-75H2,1-4H3,(H,88,89)(H,90,91)/b30-26-,31-27-,39-34-,40-35-/t76-,77+,78+/m0/s1. The molecule has 0 aliphatic heterocycles. The topological polar surface area (TPSA) is 237 Å².